The summed E-state index contributed by atoms with van der Waals surface area (Å²) in [5.74, 6) is 1.31. The highest BCUT2D eigenvalue weighted by atomic mass is 32.1. The molecular weight excluding hydrogens is 390 g/mol. The molecule has 0 aliphatic heterocycles. The van der Waals surface area contributed by atoms with Crippen molar-refractivity contribution in [2.24, 2.45) is 5.92 Å². The van der Waals surface area contributed by atoms with Crippen molar-refractivity contribution in [3.63, 3.8) is 0 Å². The van der Waals surface area contributed by atoms with E-state index < -0.39 is 0 Å². The van der Waals surface area contributed by atoms with Crippen LogP contribution in [0.5, 0.6) is 11.5 Å². The van der Waals surface area contributed by atoms with E-state index >= 15 is 0 Å². The number of thiazole rings is 1. The Morgan fingerprint density at radius 3 is 2.62 bits per heavy atom. The van der Waals surface area contributed by atoms with E-state index in [1.54, 1.807) is 30.7 Å². The summed E-state index contributed by atoms with van der Waals surface area (Å²) in [6.07, 6.45) is 6.44. The lowest BCUT2D eigenvalue weighted by molar-refractivity contribution is -0.120. The van der Waals surface area contributed by atoms with Gasteiger partial charge in [-0.05, 0) is 37.0 Å². The van der Waals surface area contributed by atoms with Crippen LogP contribution in [0.25, 0.3) is 0 Å². The van der Waals surface area contributed by atoms with Gasteiger partial charge in [0, 0.05) is 17.5 Å². The van der Waals surface area contributed by atoms with Gasteiger partial charge in [0.1, 0.15) is 0 Å². The lowest BCUT2D eigenvalue weighted by Crippen LogP contribution is -2.31. The number of nitrogens with one attached hydrogen (secondary N) is 2. The van der Waals surface area contributed by atoms with Gasteiger partial charge in [-0.1, -0.05) is 19.3 Å². The number of benzene rings is 1. The number of carbonyl (C=O) groups is 2. The maximum atomic E-state index is 12.5. The molecule has 0 atom stereocenters. The zero-order valence-electron chi connectivity index (χ0n) is 16.8. The number of methoxy groups -OCH3 is 2. The first-order chi connectivity index (χ1) is 14.1. The molecule has 1 fully saturated rings. The van der Waals surface area contributed by atoms with Crippen LogP contribution in [0.4, 0.5) is 5.13 Å². The third-order valence-corrected chi connectivity index (χ3v) is 5.88. The van der Waals surface area contributed by atoms with Gasteiger partial charge in [-0.3, -0.25) is 14.9 Å². The molecule has 2 amide bonds. The van der Waals surface area contributed by atoms with E-state index in [0.717, 1.165) is 6.54 Å². The Hall–Kier alpha value is -2.61. The second-order valence-electron chi connectivity index (χ2n) is 7.15. The molecule has 0 spiro atoms. The number of aromatic nitrogens is 1. The first kappa shape index (κ1) is 21.1. The molecular formula is C21H27N3O4S. The lowest BCUT2D eigenvalue weighted by atomic mass is 9.89. The monoisotopic (exact) mass is 417 g/mol. The van der Waals surface area contributed by atoms with Gasteiger partial charge in [-0.25, -0.2) is 4.98 Å². The SMILES string of the molecule is COc1ccc(C(=O)Nc2nc(CC(=O)NCC3CCCCC3)cs2)cc1OC. The van der Waals surface area contributed by atoms with E-state index in [1.165, 1.54) is 50.6 Å². The molecule has 1 aliphatic rings. The van der Waals surface area contributed by atoms with Crippen molar-refractivity contribution in [1.29, 1.82) is 0 Å². The van der Waals surface area contributed by atoms with E-state index in [1.807, 2.05) is 0 Å². The summed E-state index contributed by atoms with van der Waals surface area (Å²) in [5.41, 5.74) is 1.09. The van der Waals surface area contributed by atoms with Gasteiger partial charge in [0.2, 0.25) is 5.91 Å². The number of rotatable bonds is 8. The molecule has 3 rings (SSSR count). The van der Waals surface area contributed by atoms with Gasteiger partial charge in [0.05, 0.1) is 26.3 Å². The molecule has 0 saturated heterocycles. The summed E-state index contributed by atoms with van der Waals surface area (Å²) >= 11 is 1.30. The largest absolute Gasteiger partial charge is 0.493 e. The van der Waals surface area contributed by atoms with Gasteiger partial charge < -0.3 is 14.8 Å². The van der Waals surface area contributed by atoms with Gasteiger partial charge >= 0.3 is 0 Å². The van der Waals surface area contributed by atoms with Crippen LogP contribution in [0.2, 0.25) is 0 Å². The van der Waals surface area contributed by atoms with Crippen LogP contribution in [-0.2, 0) is 11.2 Å². The van der Waals surface area contributed by atoms with E-state index in [-0.39, 0.29) is 18.2 Å². The highest BCUT2D eigenvalue weighted by molar-refractivity contribution is 7.14. The molecule has 29 heavy (non-hydrogen) atoms. The van der Waals surface area contributed by atoms with Crippen LogP contribution in [0, 0.1) is 5.92 Å². The van der Waals surface area contributed by atoms with Crippen LogP contribution in [-0.4, -0.2) is 37.6 Å². The summed E-state index contributed by atoms with van der Waals surface area (Å²) < 4.78 is 10.4. The number of anilines is 1. The Balaban J connectivity index is 1.51. The molecule has 0 unspecified atom stereocenters. The highest BCUT2D eigenvalue weighted by Gasteiger charge is 2.16. The molecule has 1 aromatic heterocycles. The van der Waals surface area contributed by atoms with Crippen LogP contribution in [0.3, 0.4) is 0 Å². The van der Waals surface area contributed by atoms with Crippen molar-refractivity contribution in [3.05, 3.63) is 34.8 Å². The quantitative estimate of drug-likeness (QED) is 0.684. The maximum absolute atomic E-state index is 12.5. The first-order valence-corrected chi connectivity index (χ1v) is 10.7. The lowest BCUT2D eigenvalue weighted by Gasteiger charge is -2.21. The molecule has 0 radical (unpaired) electrons. The summed E-state index contributed by atoms with van der Waals surface area (Å²) in [5, 5.41) is 8.03. The smallest absolute Gasteiger partial charge is 0.257 e. The molecule has 2 N–H and O–H groups in total. The highest BCUT2D eigenvalue weighted by Crippen LogP contribution is 2.28. The summed E-state index contributed by atoms with van der Waals surface area (Å²) in [7, 11) is 3.06. The molecule has 1 heterocycles. The van der Waals surface area contributed by atoms with Gasteiger partial charge in [0.15, 0.2) is 16.6 Å². The Labute approximate surface area is 174 Å². The Morgan fingerprint density at radius 2 is 1.90 bits per heavy atom. The van der Waals surface area contributed by atoms with Crippen molar-refractivity contribution >= 4 is 28.3 Å². The zero-order chi connectivity index (χ0) is 20.6. The van der Waals surface area contributed by atoms with E-state index in [2.05, 4.69) is 15.6 Å². The van der Waals surface area contributed by atoms with Crippen molar-refractivity contribution in [2.45, 2.75) is 38.5 Å². The predicted octanol–water partition coefficient (Wildman–Crippen LogP) is 3.65. The average molecular weight is 418 g/mol. The van der Waals surface area contributed by atoms with Crippen LogP contribution < -0.4 is 20.1 Å². The van der Waals surface area contributed by atoms with E-state index in [9.17, 15) is 9.59 Å². The van der Waals surface area contributed by atoms with Crippen molar-refractivity contribution in [2.75, 3.05) is 26.1 Å². The van der Waals surface area contributed by atoms with Crippen LogP contribution in [0.1, 0.15) is 48.2 Å². The van der Waals surface area contributed by atoms with Gasteiger partial charge in [0.25, 0.3) is 5.91 Å². The Kier molecular flexibility index (Phi) is 7.46. The molecule has 7 nitrogen and oxygen atoms in total. The normalized spacial score (nSPS) is 14.3. The van der Waals surface area contributed by atoms with Crippen molar-refractivity contribution < 1.29 is 19.1 Å². The van der Waals surface area contributed by atoms with Crippen molar-refractivity contribution in [1.82, 2.24) is 10.3 Å². The van der Waals surface area contributed by atoms with E-state index in [0.29, 0.717) is 33.8 Å². The number of hydrogen-bond acceptors (Lipinski definition) is 6. The van der Waals surface area contributed by atoms with Crippen LogP contribution in [0.15, 0.2) is 23.6 Å². The molecule has 1 saturated carbocycles. The minimum Gasteiger partial charge on any atom is -0.493 e. The standard InChI is InChI=1S/C21H27N3O4S/c1-27-17-9-8-15(10-18(17)28-2)20(26)24-21-23-16(13-29-21)11-19(25)22-12-14-6-4-3-5-7-14/h8-10,13-14H,3-7,11-12H2,1-2H3,(H,22,25)(H,23,24,26). The zero-order valence-corrected chi connectivity index (χ0v) is 17.6. The number of carbonyl (C=O) groups excluding carboxylic acids is 2. The number of hydrogen-bond donors (Lipinski definition) is 2. The van der Waals surface area contributed by atoms with Crippen molar-refractivity contribution in [3.8, 4) is 11.5 Å². The van der Waals surface area contributed by atoms with Gasteiger partial charge in [-0.15, -0.1) is 11.3 Å². The molecule has 2 aromatic rings. The minimum atomic E-state index is -0.298. The molecule has 156 valence electrons. The summed E-state index contributed by atoms with van der Waals surface area (Å²) in [6, 6.07) is 4.95. The minimum absolute atomic E-state index is 0.0290. The predicted molar refractivity (Wildman–Crippen MR) is 113 cm³/mol. The molecule has 8 heteroatoms. The summed E-state index contributed by atoms with van der Waals surface area (Å²) in [6.45, 7) is 0.742. The number of ether oxygens (including phenoxy) is 2. The average Bonchev–Trinajstić information content (AvgIpc) is 3.18. The second-order valence-corrected chi connectivity index (χ2v) is 8.01. The van der Waals surface area contributed by atoms with Crippen LogP contribution >= 0.6 is 11.3 Å². The third-order valence-electron chi connectivity index (χ3n) is 5.07. The number of nitrogens with zero attached hydrogens (tertiary/aromatic N) is 1. The van der Waals surface area contributed by atoms with E-state index in [4.69, 9.17) is 9.47 Å². The fraction of sp³-hybridized carbons (Fsp3) is 0.476. The molecule has 1 aromatic carbocycles. The number of amides is 2. The molecule has 0 bridgehead atoms. The van der Waals surface area contributed by atoms with Gasteiger partial charge in [-0.2, -0.15) is 0 Å². The first-order valence-electron chi connectivity index (χ1n) is 9.83. The Bertz CT molecular complexity index is 846. The molecule has 1 aliphatic carbocycles. The summed E-state index contributed by atoms with van der Waals surface area (Å²) in [4.78, 5) is 29.0. The maximum Gasteiger partial charge on any atom is 0.257 e. The third kappa shape index (κ3) is 5.93. The second kappa shape index (κ2) is 10.2. The Morgan fingerprint density at radius 1 is 1.14 bits per heavy atom. The fourth-order valence-corrected chi connectivity index (χ4v) is 4.17. The topological polar surface area (TPSA) is 89.5 Å². The fourth-order valence-electron chi connectivity index (χ4n) is 3.47.